The van der Waals surface area contributed by atoms with Crippen molar-refractivity contribution < 1.29 is 4.74 Å². The van der Waals surface area contributed by atoms with E-state index in [0.29, 0.717) is 5.92 Å². The van der Waals surface area contributed by atoms with Crippen LogP contribution in [0.2, 0.25) is 0 Å². The van der Waals surface area contributed by atoms with Gasteiger partial charge in [-0.05, 0) is 43.2 Å². The molecule has 1 nitrogen and oxygen atoms in total. The smallest absolute Gasteiger partial charge is 0.0469 e. The van der Waals surface area contributed by atoms with Crippen LogP contribution in [0.1, 0.15) is 24.0 Å². The molecule has 0 spiro atoms. The third-order valence-corrected chi connectivity index (χ3v) is 3.96. The highest BCUT2D eigenvalue weighted by Crippen LogP contribution is 2.26. The van der Waals surface area contributed by atoms with E-state index in [1.165, 1.54) is 11.1 Å². The molecule has 0 amide bonds. The third kappa shape index (κ3) is 2.99. The lowest BCUT2D eigenvalue weighted by Crippen LogP contribution is -2.25. The van der Waals surface area contributed by atoms with Crippen molar-refractivity contribution in [2.45, 2.75) is 31.6 Å². The minimum atomic E-state index is 0.255. The second kappa shape index (κ2) is 5.70. The van der Waals surface area contributed by atoms with Gasteiger partial charge in [-0.25, -0.2) is 0 Å². The van der Waals surface area contributed by atoms with Crippen LogP contribution in [0.25, 0.3) is 0 Å². The van der Waals surface area contributed by atoms with Gasteiger partial charge in [-0.2, -0.15) is 0 Å². The number of ether oxygens (including phenoxy) is 1. The van der Waals surface area contributed by atoms with Crippen molar-refractivity contribution in [3.8, 4) is 0 Å². The lowest BCUT2D eigenvalue weighted by atomic mass is 9.91. The second-order valence-electron chi connectivity index (χ2n) is 4.60. The molecule has 2 rings (SSSR count). The quantitative estimate of drug-likeness (QED) is 0.732. The molecule has 0 aliphatic carbocycles. The normalized spacial score (nSPS) is 19.6. The molecule has 1 aliphatic rings. The number of benzene rings is 1. The molecule has 0 aromatic heterocycles. The van der Waals surface area contributed by atoms with Gasteiger partial charge in [0.05, 0.1) is 0 Å². The predicted octanol–water partition coefficient (Wildman–Crippen LogP) is 3.57. The molecule has 1 aromatic rings. The zero-order chi connectivity index (χ0) is 11.4. The summed E-state index contributed by atoms with van der Waals surface area (Å²) in [6, 6.07) is 8.51. The lowest BCUT2D eigenvalue weighted by Gasteiger charge is -2.26. The van der Waals surface area contributed by atoms with Crippen LogP contribution in [-0.2, 0) is 11.2 Å². The number of rotatable bonds is 3. The zero-order valence-corrected chi connectivity index (χ0v) is 10.5. The summed E-state index contributed by atoms with van der Waals surface area (Å²) in [6.07, 6.45) is 3.21. The molecule has 1 aromatic carbocycles. The number of aryl methyl sites for hydroxylation is 1. The Hall–Kier alpha value is -0.530. The molecular weight excluding hydrogens is 220 g/mol. The van der Waals surface area contributed by atoms with E-state index in [1.54, 1.807) is 0 Å². The van der Waals surface area contributed by atoms with E-state index in [-0.39, 0.29) is 5.38 Å². The molecular formula is C14H19ClO. The van der Waals surface area contributed by atoms with E-state index in [2.05, 4.69) is 31.2 Å². The first-order valence-corrected chi connectivity index (χ1v) is 6.47. The van der Waals surface area contributed by atoms with E-state index in [0.717, 1.165) is 32.5 Å². The molecule has 88 valence electrons. The first-order chi connectivity index (χ1) is 7.77. The van der Waals surface area contributed by atoms with E-state index in [1.807, 2.05) is 0 Å². The van der Waals surface area contributed by atoms with E-state index >= 15 is 0 Å². The third-order valence-electron chi connectivity index (χ3n) is 3.45. The van der Waals surface area contributed by atoms with Gasteiger partial charge in [0.2, 0.25) is 0 Å². The summed E-state index contributed by atoms with van der Waals surface area (Å²) in [5.74, 6) is 0.620. The molecule has 16 heavy (non-hydrogen) atoms. The fraction of sp³-hybridized carbons (Fsp3) is 0.571. The van der Waals surface area contributed by atoms with Crippen molar-refractivity contribution in [1.29, 1.82) is 0 Å². The van der Waals surface area contributed by atoms with Crippen molar-refractivity contribution >= 4 is 11.6 Å². The van der Waals surface area contributed by atoms with Crippen LogP contribution in [0, 0.1) is 12.8 Å². The number of hydrogen-bond donors (Lipinski definition) is 0. The maximum atomic E-state index is 6.51. The molecule has 0 N–H and O–H groups in total. The molecule has 2 heteroatoms. The van der Waals surface area contributed by atoms with E-state index in [4.69, 9.17) is 16.3 Å². The summed E-state index contributed by atoms with van der Waals surface area (Å²) in [5, 5.41) is 0.255. The largest absolute Gasteiger partial charge is 0.381 e. The van der Waals surface area contributed by atoms with Crippen LogP contribution in [0.5, 0.6) is 0 Å². The second-order valence-corrected chi connectivity index (χ2v) is 5.16. The molecule has 1 saturated heterocycles. The van der Waals surface area contributed by atoms with Gasteiger partial charge in [0, 0.05) is 18.6 Å². The highest BCUT2D eigenvalue weighted by molar-refractivity contribution is 6.20. The summed E-state index contributed by atoms with van der Waals surface area (Å²) in [6.45, 7) is 3.91. The Morgan fingerprint density at radius 3 is 2.69 bits per heavy atom. The molecule has 1 atom stereocenters. The van der Waals surface area contributed by atoms with Gasteiger partial charge in [0.25, 0.3) is 0 Å². The van der Waals surface area contributed by atoms with Gasteiger partial charge in [0.15, 0.2) is 0 Å². The minimum Gasteiger partial charge on any atom is -0.381 e. The fourth-order valence-corrected chi connectivity index (χ4v) is 2.71. The van der Waals surface area contributed by atoms with Gasteiger partial charge < -0.3 is 4.74 Å². The summed E-state index contributed by atoms with van der Waals surface area (Å²) in [5.41, 5.74) is 2.73. The van der Waals surface area contributed by atoms with Crippen LogP contribution < -0.4 is 0 Å². The maximum absolute atomic E-state index is 6.51. The highest BCUT2D eigenvalue weighted by atomic mass is 35.5. The summed E-state index contributed by atoms with van der Waals surface area (Å²) in [4.78, 5) is 0. The molecule has 1 fully saturated rings. The van der Waals surface area contributed by atoms with Crippen molar-refractivity contribution in [1.82, 2.24) is 0 Å². The summed E-state index contributed by atoms with van der Waals surface area (Å²) in [7, 11) is 0. The topological polar surface area (TPSA) is 9.23 Å². The Labute approximate surface area is 103 Å². The standard InChI is InChI=1S/C14H19ClO/c1-11-4-2-3-5-13(11)10-14(15)12-6-8-16-9-7-12/h2-5,12,14H,6-10H2,1H3. The molecule has 1 unspecified atom stereocenters. The van der Waals surface area contributed by atoms with Crippen molar-refractivity contribution in [2.24, 2.45) is 5.92 Å². The number of halogens is 1. The molecule has 1 aliphatic heterocycles. The monoisotopic (exact) mass is 238 g/mol. The zero-order valence-electron chi connectivity index (χ0n) is 9.79. The minimum absolute atomic E-state index is 0.255. The predicted molar refractivity (Wildman–Crippen MR) is 68.1 cm³/mol. The summed E-state index contributed by atoms with van der Waals surface area (Å²) < 4.78 is 5.37. The van der Waals surface area contributed by atoms with Crippen LogP contribution in [0.15, 0.2) is 24.3 Å². The van der Waals surface area contributed by atoms with E-state index < -0.39 is 0 Å². The Kier molecular flexibility index (Phi) is 4.25. The number of hydrogen-bond acceptors (Lipinski definition) is 1. The van der Waals surface area contributed by atoms with Crippen molar-refractivity contribution in [3.63, 3.8) is 0 Å². The van der Waals surface area contributed by atoms with Crippen LogP contribution in [0.4, 0.5) is 0 Å². The van der Waals surface area contributed by atoms with Gasteiger partial charge >= 0.3 is 0 Å². The van der Waals surface area contributed by atoms with Crippen LogP contribution >= 0.6 is 11.6 Å². The Balaban J connectivity index is 1.96. The van der Waals surface area contributed by atoms with Crippen LogP contribution in [0.3, 0.4) is 0 Å². The SMILES string of the molecule is Cc1ccccc1CC(Cl)C1CCOCC1. The van der Waals surface area contributed by atoms with Gasteiger partial charge in [0.1, 0.15) is 0 Å². The van der Waals surface area contributed by atoms with Gasteiger partial charge in [-0.15, -0.1) is 11.6 Å². The molecule has 1 heterocycles. The Morgan fingerprint density at radius 1 is 1.31 bits per heavy atom. The first kappa shape index (κ1) is 11.9. The fourth-order valence-electron chi connectivity index (χ4n) is 2.29. The van der Waals surface area contributed by atoms with Crippen molar-refractivity contribution in [3.05, 3.63) is 35.4 Å². The van der Waals surface area contributed by atoms with Gasteiger partial charge in [-0.1, -0.05) is 24.3 Å². The Morgan fingerprint density at radius 2 is 2.00 bits per heavy atom. The van der Waals surface area contributed by atoms with Crippen LogP contribution in [-0.4, -0.2) is 18.6 Å². The maximum Gasteiger partial charge on any atom is 0.0469 e. The first-order valence-electron chi connectivity index (χ1n) is 6.03. The molecule has 0 saturated carbocycles. The lowest BCUT2D eigenvalue weighted by molar-refractivity contribution is 0.0651. The average molecular weight is 239 g/mol. The highest BCUT2D eigenvalue weighted by Gasteiger charge is 2.22. The van der Waals surface area contributed by atoms with Crippen molar-refractivity contribution in [2.75, 3.05) is 13.2 Å². The molecule has 0 bridgehead atoms. The molecule has 0 radical (unpaired) electrons. The van der Waals surface area contributed by atoms with E-state index in [9.17, 15) is 0 Å². The average Bonchev–Trinajstić information content (AvgIpc) is 2.33. The van der Waals surface area contributed by atoms with Gasteiger partial charge in [-0.3, -0.25) is 0 Å². The number of alkyl halides is 1. The summed E-state index contributed by atoms with van der Waals surface area (Å²) >= 11 is 6.51. The Bertz CT molecular complexity index is 331.